The summed E-state index contributed by atoms with van der Waals surface area (Å²) in [6, 6.07) is 6.41. The lowest BCUT2D eigenvalue weighted by molar-refractivity contribution is 0.209. The minimum atomic E-state index is -1.05. The summed E-state index contributed by atoms with van der Waals surface area (Å²) >= 11 is 3.27. The molecular formula is C14H13BrFNO. The first-order valence-corrected chi connectivity index (χ1v) is 6.34. The number of hydrogen-bond donors (Lipinski definition) is 1. The first-order valence-electron chi connectivity index (χ1n) is 5.55. The van der Waals surface area contributed by atoms with Gasteiger partial charge in [0.25, 0.3) is 0 Å². The van der Waals surface area contributed by atoms with E-state index in [-0.39, 0.29) is 5.56 Å². The van der Waals surface area contributed by atoms with Gasteiger partial charge >= 0.3 is 0 Å². The minimum absolute atomic E-state index is 0.226. The van der Waals surface area contributed by atoms with Crippen LogP contribution in [0.4, 0.5) is 4.39 Å². The van der Waals surface area contributed by atoms with Crippen LogP contribution >= 0.6 is 15.9 Å². The molecule has 1 aromatic heterocycles. The van der Waals surface area contributed by atoms with E-state index >= 15 is 0 Å². The number of aromatic nitrogens is 1. The molecule has 0 saturated carbocycles. The van der Waals surface area contributed by atoms with Crippen molar-refractivity contribution in [3.8, 4) is 0 Å². The molecule has 1 unspecified atom stereocenters. The fraction of sp³-hybridized carbons (Fsp3) is 0.214. The number of nitrogens with zero attached hydrogens (tertiary/aromatic N) is 1. The lowest BCUT2D eigenvalue weighted by Gasteiger charge is -2.14. The molecule has 0 aliphatic rings. The summed E-state index contributed by atoms with van der Waals surface area (Å²) in [7, 11) is 0. The van der Waals surface area contributed by atoms with Crippen LogP contribution in [-0.2, 0) is 0 Å². The molecule has 0 saturated heterocycles. The van der Waals surface area contributed by atoms with Gasteiger partial charge in [0.05, 0.1) is 5.69 Å². The fourth-order valence-corrected chi connectivity index (χ4v) is 2.26. The molecule has 1 heterocycles. The summed E-state index contributed by atoms with van der Waals surface area (Å²) in [6.07, 6.45) is 0.615. The number of benzene rings is 1. The van der Waals surface area contributed by atoms with E-state index in [0.29, 0.717) is 5.69 Å². The standard InChI is InChI=1S/C14H13BrFNO/c1-8-5-9(2)13(17-7-8)14(18)11-6-10(15)3-4-12(11)16/h3-7,14,18H,1-2H3. The Labute approximate surface area is 114 Å². The first-order chi connectivity index (χ1) is 8.49. The molecular weight excluding hydrogens is 297 g/mol. The van der Waals surface area contributed by atoms with Crippen LogP contribution in [0.15, 0.2) is 34.9 Å². The number of rotatable bonds is 2. The highest BCUT2D eigenvalue weighted by atomic mass is 79.9. The Morgan fingerprint density at radius 1 is 1.28 bits per heavy atom. The Bertz CT molecular complexity index is 586. The Morgan fingerprint density at radius 2 is 2.00 bits per heavy atom. The van der Waals surface area contributed by atoms with E-state index < -0.39 is 11.9 Å². The van der Waals surface area contributed by atoms with E-state index in [2.05, 4.69) is 20.9 Å². The van der Waals surface area contributed by atoms with Gasteiger partial charge in [0.15, 0.2) is 0 Å². The van der Waals surface area contributed by atoms with E-state index in [1.54, 1.807) is 18.3 Å². The van der Waals surface area contributed by atoms with Crippen LogP contribution in [0.5, 0.6) is 0 Å². The van der Waals surface area contributed by atoms with Crippen molar-refractivity contribution in [2.45, 2.75) is 20.0 Å². The molecule has 94 valence electrons. The maximum Gasteiger partial charge on any atom is 0.129 e. The molecule has 4 heteroatoms. The van der Waals surface area contributed by atoms with Crippen molar-refractivity contribution in [3.63, 3.8) is 0 Å². The van der Waals surface area contributed by atoms with E-state index in [1.165, 1.54) is 6.07 Å². The summed E-state index contributed by atoms with van der Waals surface area (Å²) in [5.74, 6) is -0.438. The molecule has 2 nitrogen and oxygen atoms in total. The smallest absolute Gasteiger partial charge is 0.129 e. The monoisotopic (exact) mass is 309 g/mol. The van der Waals surface area contributed by atoms with Gasteiger partial charge in [-0.2, -0.15) is 0 Å². The van der Waals surface area contributed by atoms with E-state index in [0.717, 1.165) is 15.6 Å². The molecule has 2 aromatic rings. The lowest BCUT2D eigenvalue weighted by atomic mass is 10.0. The third-order valence-corrected chi connectivity index (χ3v) is 3.26. The van der Waals surface area contributed by atoms with Crippen molar-refractivity contribution in [1.82, 2.24) is 4.98 Å². The summed E-state index contributed by atoms with van der Waals surface area (Å²) in [5, 5.41) is 10.2. The maximum atomic E-state index is 13.7. The van der Waals surface area contributed by atoms with Gasteiger partial charge in [0, 0.05) is 16.2 Å². The molecule has 1 atom stereocenters. The van der Waals surface area contributed by atoms with Gasteiger partial charge < -0.3 is 5.11 Å². The van der Waals surface area contributed by atoms with Gasteiger partial charge in [-0.25, -0.2) is 4.39 Å². The molecule has 1 N–H and O–H groups in total. The average Bonchev–Trinajstić information content (AvgIpc) is 2.31. The quantitative estimate of drug-likeness (QED) is 0.918. The van der Waals surface area contributed by atoms with Crippen LogP contribution in [-0.4, -0.2) is 10.1 Å². The van der Waals surface area contributed by atoms with Gasteiger partial charge in [-0.1, -0.05) is 22.0 Å². The van der Waals surface area contributed by atoms with Crippen molar-refractivity contribution in [2.75, 3.05) is 0 Å². The highest BCUT2D eigenvalue weighted by Gasteiger charge is 2.18. The highest BCUT2D eigenvalue weighted by molar-refractivity contribution is 9.10. The zero-order valence-electron chi connectivity index (χ0n) is 10.1. The minimum Gasteiger partial charge on any atom is -0.382 e. The maximum absolute atomic E-state index is 13.7. The molecule has 0 radical (unpaired) electrons. The molecule has 1 aromatic carbocycles. The van der Waals surface area contributed by atoms with E-state index in [4.69, 9.17) is 0 Å². The molecule has 0 aliphatic heterocycles. The van der Waals surface area contributed by atoms with Gasteiger partial charge in [-0.05, 0) is 43.2 Å². The van der Waals surface area contributed by atoms with Crippen LogP contribution in [0.3, 0.4) is 0 Å². The molecule has 0 bridgehead atoms. The molecule has 0 aliphatic carbocycles. The Morgan fingerprint density at radius 3 is 2.67 bits per heavy atom. The largest absolute Gasteiger partial charge is 0.382 e. The first kappa shape index (κ1) is 13.2. The zero-order valence-corrected chi connectivity index (χ0v) is 11.7. The molecule has 0 fully saturated rings. The molecule has 0 spiro atoms. The summed E-state index contributed by atoms with van der Waals surface area (Å²) in [6.45, 7) is 3.78. The van der Waals surface area contributed by atoms with E-state index in [9.17, 15) is 9.50 Å². The normalized spacial score (nSPS) is 12.5. The molecule has 18 heavy (non-hydrogen) atoms. The van der Waals surface area contributed by atoms with Gasteiger partial charge in [0.2, 0.25) is 0 Å². The summed E-state index contributed by atoms with van der Waals surface area (Å²) in [5.41, 5.74) is 2.57. The van der Waals surface area contributed by atoms with Gasteiger partial charge in [0.1, 0.15) is 11.9 Å². The third kappa shape index (κ3) is 2.60. The van der Waals surface area contributed by atoms with E-state index in [1.807, 2.05) is 19.9 Å². The summed E-state index contributed by atoms with van der Waals surface area (Å²) in [4.78, 5) is 4.19. The van der Waals surface area contributed by atoms with Crippen molar-refractivity contribution in [2.24, 2.45) is 0 Å². The number of pyridine rings is 1. The van der Waals surface area contributed by atoms with Crippen molar-refractivity contribution in [3.05, 3.63) is 63.1 Å². The van der Waals surface area contributed by atoms with Crippen LogP contribution in [0.1, 0.15) is 28.5 Å². The Kier molecular flexibility index (Phi) is 3.78. The van der Waals surface area contributed by atoms with Crippen LogP contribution in [0.25, 0.3) is 0 Å². The molecule has 0 amide bonds. The number of hydrogen-bond acceptors (Lipinski definition) is 2. The lowest BCUT2D eigenvalue weighted by Crippen LogP contribution is -2.07. The number of halogens is 2. The predicted molar refractivity (Wildman–Crippen MR) is 71.9 cm³/mol. The van der Waals surface area contributed by atoms with Crippen LogP contribution in [0.2, 0.25) is 0 Å². The fourth-order valence-electron chi connectivity index (χ4n) is 1.88. The number of aliphatic hydroxyl groups excluding tert-OH is 1. The zero-order chi connectivity index (χ0) is 13.3. The average molecular weight is 310 g/mol. The van der Waals surface area contributed by atoms with Crippen molar-refractivity contribution < 1.29 is 9.50 Å². The molecule has 2 rings (SSSR count). The predicted octanol–water partition coefficient (Wildman–Crippen LogP) is 3.68. The van der Waals surface area contributed by atoms with Crippen molar-refractivity contribution >= 4 is 15.9 Å². The van der Waals surface area contributed by atoms with Gasteiger partial charge in [-0.15, -0.1) is 0 Å². The third-order valence-electron chi connectivity index (χ3n) is 2.77. The Hall–Kier alpha value is -1.26. The van der Waals surface area contributed by atoms with Crippen LogP contribution < -0.4 is 0 Å². The second-order valence-electron chi connectivity index (χ2n) is 4.28. The van der Waals surface area contributed by atoms with Gasteiger partial charge in [-0.3, -0.25) is 4.98 Å². The highest BCUT2D eigenvalue weighted by Crippen LogP contribution is 2.27. The Balaban J connectivity index is 2.47. The number of aryl methyl sites for hydroxylation is 2. The SMILES string of the molecule is Cc1cnc(C(O)c2cc(Br)ccc2F)c(C)c1. The second kappa shape index (κ2) is 5.16. The second-order valence-corrected chi connectivity index (χ2v) is 5.20. The topological polar surface area (TPSA) is 33.1 Å². The van der Waals surface area contributed by atoms with Crippen molar-refractivity contribution in [1.29, 1.82) is 0 Å². The number of aliphatic hydroxyl groups is 1. The van der Waals surface area contributed by atoms with Crippen LogP contribution in [0, 0.1) is 19.7 Å². The summed E-state index contributed by atoms with van der Waals surface area (Å²) < 4.78 is 14.4.